The first-order valence-corrected chi connectivity index (χ1v) is 5.41. The molecule has 1 aliphatic rings. The minimum Gasteiger partial charge on any atom is -0.319 e. The lowest BCUT2D eigenvalue weighted by atomic mass is 10.3. The van der Waals surface area contributed by atoms with Crippen LogP contribution in [0.2, 0.25) is 0 Å². The minimum atomic E-state index is 0.666. The van der Waals surface area contributed by atoms with Gasteiger partial charge in [0.2, 0.25) is 0 Å². The minimum absolute atomic E-state index is 0.666. The van der Waals surface area contributed by atoms with E-state index in [0.717, 1.165) is 31.9 Å². The molecule has 6 nitrogen and oxygen atoms in total. The molecule has 1 aliphatic heterocycles. The molecule has 4 N–H and O–H groups in total. The summed E-state index contributed by atoms with van der Waals surface area (Å²) in [7, 11) is 2.14. The van der Waals surface area contributed by atoms with Gasteiger partial charge < -0.3 is 15.8 Å². The van der Waals surface area contributed by atoms with Crippen molar-refractivity contribution >= 4 is 11.5 Å². The molecule has 1 aromatic heterocycles. The Hall–Kier alpha value is -1.37. The smallest absolute Gasteiger partial charge is 0.141 e. The Morgan fingerprint density at radius 2 is 2.06 bits per heavy atom. The van der Waals surface area contributed by atoms with E-state index in [1.54, 1.807) is 6.20 Å². The van der Waals surface area contributed by atoms with Crippen LogP contribution in [0.5, 0.6) is 0 Å². The third kappa shape index (κ3) is 2.82. The van der Waals surface area contributed by atoms with Gasteiger partial charge >= 0.3 is 0 Å². The van der Waals surface area contributed by atoms with E-state index in [0.29, 0.717) is 5.82 Å². The molecule has 16 heavy (non-hydrogen) atoms. The van der Waals surface area contributed by atoms with Gasteiger partial charge in [-0.25, -0.2) is 15.8 Å². The Balaban J connectivity index is 1.93. The van der Waals surface area contributed by atoms with Crippen LogP contribution >= 0.6 is 0 Å². The van der Waals surface area contributed by atoms with Crippen LogP contribution in [-0.2, 0) is 0 Å². The molecule has 0 aromatic carbocycles. The first-order chi connectivity index (χ1) is 7.78. The second kappa shape index (κ2) is 5.11. The Bertz CT molecular complexity index is 334. The first kappa shape index (κ1) is 11.1. The van der Waals surface area contributed by atoms with Gasteiger partial charge in [0.05, 0.1) is 5.69 Å². The molecule has 0 saturated carbocycles. The fourth-order valence-corrected chi connectivity index (χ4v) is 1.68. The zero-order valence-corrected chi connectivity index (χ0v) is 9.48. The van der Waals surface area contributed by atoms with E-state index >= 15 is 0 Å². The molecular weight excluding hydrogens is 204 g/mol. The van der Waals surface area contributed by atoms with Crippen molar-refractivity contribution in [3.63, 3.8) is 0 Å². The van der Waals surface area contributed by atoms with Crippen LogP contribution in [0.4, 0.5) is 11.5 Å². The molecule has 0 spiro atoms. The van der Waals surface area contributed by atoms with Crippen molar-refractivity contribution in [3.8, 4) is 0 Å². The third-order valence-corrected chi connectivity index (χ3v) is 2.70. The summed E-state index contributed by atoms with van der Waals surface area (Å²) in [6.07, 6.45) is 1.73. The molecule has 6 heteroatoms. The molecule has 0 bridgehead atoms. The Morgan fingerprint density at radius 3 is 2.75 bits per heavy atom. The standard InChI is InChI=1S/C10H18N6/c1-15-4-6-16(7-5-15)14-9-2-3-12-10(8-9)13-11/h2-3,8H,4-7,11H2,1H3,(H2,12,13,14). The highest BCUT2D eigenvalue weighted by molar-refractivity contribution is 5.50. The highest BCUT2D eigenvalue weighted by Gasteiger charge is 2.13. The van der Waals surface area contributed by atoms with Crippen LogP contribution in [0.3, 0.4) is 0 Å². The fraction of sp³-hybridized carbons (Fsp3) is 0.500. The van der Waals surface area contributed by atoms with Gasteiger partial charge in [-0.1, -0.05) is 0 Å². The maximum Gasteiger partial charge on any atom is 0.141 e. The van der Waals surface area contributed by atoms with Crippen LogP contribution in [0, 0.1) is 0 Å². The van der Waals surface area contributed by atoms with Crippen LogP contribution in [0.25, 0.3) is 0 Å². The monoisotopic (exact) mass is 222 g/mol. The van der Waals surface area contributed by atoms with Gasteiger partial charge in [0.25, 0.3) is 0 Å². The summed E-state index contributed by atoms with van der Waals surface area (Å²) in [5.74, 6) is 5.98. The number of piperazine rings is 1. The van der Waals surface area contributed by atoms with Crippen LogP contribution in [0.1, 0.15) is 0 Å². The number of hydrogen-bond acceptors (Lipinski definition) is 6. The van der Waals surface area contributed by atoms with Gasteiger partial charge in [0.1, 0.15) is 5.82 Å². The predicted molar refractivity (Wildman–Crippen MR) is 64.7 cm³/mol. The number of nitrogens with zero attached hydrogens (tertiary/aromatic N) is 3. The molecule has 0 amide bonds. The van der Waals surface area contributed by atoms with Gasteiger partial charge in [-0.2, -0.15) is 0 Å². The largest absolute Gasteiger partial charge is 0.319 e. The SMILES string of the molecule is CN1CCN(Nc2ccnc(NN)c2)CC1. The first-order valence-electron chi connectivity index (χ1n) is 5.41. The topological polar surface area (TPSA) is 69.5 Å². The number of rotatable bonds is 3. The van der Waals surface area contributed by atoms with Gasteiger partial charge in [-0.05, 0) is 13.1 Å². The molecule has 1 saturated heterocycles. The molecule has 2 heterocycles. The molecule has 0 radical (unpaired) electrons. The zero-order valence-electron chi connectivity index (χ0n) is 9.48. The molecule has 0 atom stereocenters. The average molecular weight is 222 g/mol. The Morgan fingerprint density at radius 1 is 1.31 bits per heavy atom. The fourth-order valence-electron chi connectivity index (χ4n) is 1.68. The van der Waals surface area contributed by atoms with E-state index in [1.165, 1.54) is 0 Å². The molecule has 0 unspecified atom stereocenters. The second-order valence-corrected chi connectivity index (χ2v) is 3.98. The second-order valence-electron chi connectivity index (χ2n) is 3.98. The van der Waals surface area contributed by atoms with Crippen LogP contribution in [0.15, 0.2) is 18.3 Å². The van der Waals surface area contributed by atoms with Gasteiger partial charge in [-0.15, -0.1) is 0 Å². The molecule has 1 aromatic rings. The number of hydrogen-bond donors (Lipinski definition) is 3. The molecular formula is C10H18N6. The number of likely N-dealkylation sites (N-methyl/N-ethyl adjacent to an activating group) is 1. The normalized spacial score (nSPS) is 18.4. The average Bonchev–Trinajstić information content (AvgIpc) is 2.32. The van der Waals surface area contributed by atoms with Crippen molar-refractivity contribution in [2.45, 2.75) is 0 Å². The third-order valence-electron chi connectivity index (χ3n) is 2.70. The number of hydrazine groups is 2. The van der Waals surface area contributed by atoms with E-state index < -0.39 is 0 Å². The molecule has 0 aliphatic carbocycles. The number of nitrogens with one attached hydrogen (secondary N) is 2. The number of aromatic nitrogens is 1. The van der Waals surface area contributed by atoms with Gasteiger partial charge in [-0.3, -0.25) is 0 Å². The van der Waals surface area contributed by atoms with E-state index in [2.05, 4.69) is 32.8 Å². The van der Waals surface area contributed by atoms with E-state index in [9.17, 15) is 0 Å². The van der Waals surface area contributed by atoms with Gasteiger partial charge in [0, 0.05) is 38.4 Å². The summed E-state index contributed by atoms with van der Waals surface area (Å²) < 4.78 is 0. The van der Waals surface area contributed by atoms with Gasteiger partial charge in [0.15, 0.2) is 0 Å². The van der Waals surface area contributed by atoms with E-state index in [1.807, 2.05) is 12.1 Å². The molecule has 88 valence electrons. The molecule has 2 rings (SSSR count). The number of anilines is 2. The van der Waals surface area contributed by atoms with E-state index in [4.69, 9.17) is 5.84 Å². The van der Waals surface area contributed by atoms with Crippen molar-refractivity contribution < 1.29 is 0 Å². The Kier molecular flexibility index (Phi) is 3.55. The van der Waals surface area contributed by atoms with Crippen molar-refractivity contribution in [1.82, 2.24) is 14.9 Å². The lowest BCUT2D eigenvalue weighted by molar-refractivity contribution is 0.179. The van der Waals surface area contributed by atoms with Crippen LogP contribution < -0.4 is 16.7 Å². The lowest BCUT2D eigenvalue weighted by Crippen LogP contribution is -2.46. The van der Waals surface area contributed by atoms with Crippen molar-refractivity contribution in [3.05, 3.63) is 18.3 Å². The van der Waals surface area contributed by atoms with Crippen molar-refractivity contribution in [2.24, 2.45) is 5.84 Å². The summed E-state index contributed by atoms with van der Waals surface area (Å²) in [5.41, 5.74) is 6.89. The summed E-state index contributed by atoms with van der Waals surface area (Å²) in [6.45, 7) is 4.20. The summed E-state index contributed by atoms with van der Waals surface area (Å²) in [5, 5.41) is 2.20. The summed E-state index contributed by atoms with van der Waals surface area (Å²) in [4.78, 5) is 6.38. The highest BCUT2D eigenvalue weighted by Crippen LogP contribution is 2.12. The quantitative estimate of drug-likeness (QED) is 0.492. The number of nitrogen functional groups attached to an aromatic ring is 1. The molecule has 1 fully saturated rings. The zero-order chi connectivity index (χ0) is 11.4. The predicted octanol–water partition coefficient (Wildman–Crippen LogP) is -0.0585. The maximum atomic E-state index is 5.31. The number of pyridine rings is 1. The van der Waals surface area contributed by atoms with Crippen molar-refractivity contribution in [1.29, 1.82) is 0 Å². The summed E-state index contributed by atoms with van der Waals surface area (Å²) >= 11 is 0. The Labute approximate surface area is 95.4 Å². The lowest BCUT2D eigenvalue weighted by Gasteiger charge is -2.33. The van der Waals surface area contributed by atoms with Crippen LogP contribution in [-0.4, -0.2) is 48.1 Å². The van der Waals surface area contributed by atoms with Crippen molar-refractivity contribution in [2.75, 3.05) is 44.1 Å². The number of nitrogens with two attached hydrogens (primary N) is 1. The summed E-state index contributed by atoms with van der Waals surface area (Å²) in [6, 6.07) is 3.82. The van der Waals surface area contributed by atoms with E-state index in [-0.39, 0.29) is 0 Å². The highest BCUT2D eigenvalue weighted by atomic mass is 15.5. The maximum absolute atomic E-state index is 5.31.